The van der Waals surface area contributed by atoms with Gasteiger partial charge in [-0.1, -0.05) is 42.0 Å². The topological polar surface area (TPSA) is 71.4 Å². The molecular weight excluding hydrogens is 312 g/mol. The Morgan fingerprint density at radius 1 is 1.00 bits per heavy atom. The number of sulfone groups is 1. The van der Waals surface area contributed by atoms with Crippen LogP contribution in [0.25, 0.3) is 5.57 Å². The van der Waals surface area contributed by atoms with Gasteiger partial charge in [0.15, 0.2) is 9.84 Å². The van der Waals surface area contributed by atoms with Crippen molar-refractivity contribution in [1.82, 2.24) is 0 Å². The Morgan fingerprint density at radius 3 is 2.09 bits per heavy atom. The molecule has 0 amide bonds. The fraction of sp³-hybridized carbons (Fsp3) is 0.167. The summed E-state index contributed by atoms with van der Waals surface area (Å²) in [6.07, 6.45) is 1.14. The second kappa shape index (κ2) is 6.38. The number of carboxylic acid groups (broad SMARTS) is 1. The SMILES string of the molecule is C/C(C(=O)O)=C(\c1ccc(S(C)(=O)=O)cc1)c1cccc(C)c1. The van der Waals surface area contributed by atoms with Gasteiger partial charge in [-0.05, 0) is 42.7 Å². The highest BCUT2D eigenvalue weighted by Gasteiger charge is 2.15. The summed E-state index contributed by atoms with van der Waals surface area (Å²) in [4.78, 5) is 11.7. The highest BCUT2D eigenvalue weighted by atomic mass is 32.2. The molecule has 120 valence electrons. The lowest BCUT2D eigenvalue weighted by Crippen LogP contribution is -2.03. The van der Waals surface area contributed by atoms with E-state index in [0.717, 1.165) is 17.4 Å². The smallest absolute Gasteiger partial charge is 0.331 e. The van der Waals surface area contributed by atoms with Gasteiger partial charge >= 0.3 is 5.97 Å². The molecule has 0 aliphatic heterocycles. The number of aryl methyl sites for hydroxylation is 1. The third-order valence-electron chi connectivity index (χ3n) is 3.57. The van der Waals surface area contributed by atoms with Crippen molar-refractivity contribution in [1.29, 1.82) is 0 Å². The van der Waals surface area contributed by atoms with Crippen LogP contribution >= 0.6 is 0 Å². The second-order valence-electron chi connectivity index (χ2n) is 5.47. The Kier molecular flexibility index (Phi) is 4.71. The Morgan fingerprint density at radius 2 is 1.61 bits per heavy atom. The lowest BCUT2D eigenvalue weighted by atomic mass is 9.93. The lowest BCUT2D eigenvalue weighted by molar-refractivity contribution is -0.132. The molecule has 0 aromatic heterocycles. The second-order valence-corrected chi connectivity index (χ2v) is 7.49. The maximum atomic E-state index is 11.6. The molecule has 4 nitrogen and oxygen atoms in total. The fourth-order valence-electron chi connectivity index (χ4n) is 2.38. The predicted molar refractivity (Wildman–Crippen MR) is 90.1 cm³/mol. The third kappa shape index (κ3) is 3.87. The van der Waals surface area contributed by atoms with Crippen LogP contribution in [0.2, 0.25) is 0 Å². The van der Waals surface area contributed by atoms with Gasteiger partial charge in [0.05, 0.1) is 4.90 Å². The normalized spacial score (nSPS) is 12.7. The summed E-state index contributed by atoms with van der Waals surface area (Å²) in [5.41, 5.74) is 3.27. The Hall–Kier alpha value is -2.40. The zero-order valence-corrected chi connectivity index (χ0v) is 14.0. The van der Waals surface area contributed by atoms with Crippen LogP contribution in [0.1, 0.15) is 23.6 Å². The Balaban J connectivity index is 2.65. The van der Waals surface area contributed by atoms with E-state index in [-0.39, 0.29) is 10.5 Å². The summed E-state index contributed by atoms with van der Waals surface area (Å²) in [6.45, 7) is 3.48. The van der Waals surface area contributed by atoms with Gasteiger partial charge in [-0.15, -0.1) is 0 Å². The maximum Gasteiger partial charge on any atom is 0.331 e. The number of carbonyl (C=O) groups is 1. The van der Waals surface area contributed by atoms with E-state index in [1.807, 2.05) is 31.2 Å². The van der Waals surface area contributed by atoms with Gasteiger partial charge in [-0.3, -0.25) is 0 Å². The summed E-state index contributed by atoms with van der Waals surface area (Å²) >= 11 is 0. The van der Waals surface area contributed by atoms with Crippen molar-refractivity contribution in [2.75, 3.05) is 6.26 Å². The van der Waals surface area contributed by atoms with Crippen LogP contribution in [0.5, 0.6) is 0 Å². The summed E-state index contributed by atoms with van der Waals surface area (Å²) in [7, 11) is -3.29. The average molecular weight is 330 g/mol. The predicted octanol–water partition coefficient (Wildman–Crippen LogP) is 3.30. The van der Waals surface area contributed by atoms with Crippen LogP contribution < -0.4 is 0 Å². The van der Waals surface area contributed by atoms with Crippen LogP contribution in [0.15, 0.2) is 59.0 Å². The summed E-state index contributed by atoms with van der Waals surface area (Å²) in [5, 5.41) is 9.37. The first-order valence-corrected chi connectivity index (χ1v) is 8.91. The fourth-order valence-corrected chi connectivity index (χ4v) is 3.01. The molecule has 0 bridgehead atoms. The van der Waals surface area contributed by atoms with E-state index in [2.05, 4.69) is 0 Å². The Labute approximate surface area is 136 Å². The summed E-state index contributed by atoms with van der Waals surface area (Å²) in [6, 6.07) is 13.8. The summed E-state index contributed by atoms with van der Waals surface area (Å²) in [5.74, 6) is -1.01. The molecule has 0 aliphatic rings. The van der Waals surface area contributed by atoms with Gasteiger partial charge in [0.1, 0.15) is 0 Å². The van der Waals surface area contributed by atoms with Crippen LogP contribution in [0.3, 0.4) is 0 Å². The highest BCUT2D eigenvalue weighted by molar-refractivity contribution is 7.90. The number of aliphatic carboxylic acids is 1. The van der Waals surface area contributed by atoms with Crippen molar-refractivity contribution in [3.05, 3.63) is 70.8 Å². The molecule has 23 heavy (non-hydrogen) atoms. The molecular formula is C18H18O4S. The van der Waals surface area contributed by atoms with Crippen LogP contribution in [0, 0.1) is 6.92 Å². The first-order chi connectivity index (χ1) is 10.7. The number of hydrogen-bond donors (Lipinski definition) is 1. The van der Waals surface area contributed by atoms with Crippen molar-refractivity contribution >= 4 is 21.4 Å². The third-order valence-corrected chi connectivity index (χ3v) is 4.70. The van der Waals surface area contributed by atoms with Gasteiger partial charge in [0.2, 0.25) is 0 Å². The largest absolute Gasteiger partial charge is 0.478 e. The van der Waals surface area contributed by atoms with Gasteiger partial charge in [-0.25, -0.2) is 13.2 Å². The molecule has 0 spiro atoms. The highest BCUT2D eigenvalue weighted by Crippen LogP contribution is 2.28. The van der Waals surface area contributed by atoms with Gasteiger partial charge in [0, 0.05) is 11.8 Å². The molecule has 0 unspecified atom stereocenters. The van der Waals surface area contributed by atoms with Gasteiger partial charge in [0.25, 0.3) is 0 Å². The van der Waals surface area contributed by atoms with Gasteiger partial charge < -0.3 is 5.11 Å². The molecule has 0 saturated heterocycles. The van der Waals surface area contributed by atoms with Crippen molar-refractivity contribution in [2.45, 2.75) is 18.7 Å². The van der Waals surface area contributed by atoms with E-state index in [4.69, 9.17) is 0 Å². The number of rotatable bonds is 4. The van der Waals surface area contributed by atoms with E-state index in [0.29, 0.717) is 11.1 Å². The zero-order valence-electron chi connectivity index (χ0n) is 13.2. The van der Waals surface area contributed by atoms with Crippen LogP contribution in [-0.2, 0) is 14.6 Å². The number of carboxylic acids is 1. The molecule has 2 aromatic carbocycles. The number of benzene rings is 2. The average Bonchev–Trinajstić information content (AvgIpc) is 2.47. The number of hydrogen-bond acceptors (Lipinski definition) is 3. The molecule has 0 aliphatic carbocycles. The molecule has 0 heterocycles. The molecule has 5 heteroatoms. The van der Waals surface area contributed by atoms with Crippen molar-refractivity contribution in [3.8, 4) is 0 Å². The molecule has 0 atom stereocenters. The van der Waals surface area contributed by atoms with Crippen molar-refractivity contribution < 1.29 is 18.3 Å². The van der Waals surface area contributed by atoms with Gasteiger partial charge in [-0.2, -0.15) is 0 Å². The molecule has 2 rings (SSSR count). The molecule has 0 radical (unpaired) electrons. The lowest BCUT2D eigenvalue weighted by Gasteiger charge is -2.12. The minimum Gasteiger partial charge on any atom is -0.478 e. The van der Waals surface area contributed by atoms with Crippen molar-refractivity contribution in [3.63, 3.8) is 0 Å². The van der Waals surface area contributed by atoms with E-state index in [1.165, 1.54) is 12.1 Å². The van der Waals surface area contributed by atoms with E-state index in [9.17, 15) is 18.3 Å². The zero-order chi connectivity index (χ0) is 17.2. The minimum atomic E-state index is -3.29. The van der Waals surface area contributed by atoms with E-state index >= 15 is 0 Å². The standard InChI is InChI=1S/C18H18O4S/c1-12-5-4-6-15(11-12)17(13(2)18(19)20)14-7-9-16(10-8-14)23(3,21)22/h4-11H,1-3H3,(H,19,20)/b17-13-. The first kappa shape index (κ1) is 17.0. The first-order valence-electron chi connectivity index (χ1n) is 7.02. The van der Waals surface area contributed by atoms with Crippen LogP contribution in [0.4, 0.5) is 0 Å². The maximum absolute atomic E-state index is 11.6. The van der Waals surface area contributed by atoms with Crippen molar-refractivity contribution in [2.24, 2.45) is 0 Å². The summed E-state index contributed by atoms with van der Waals surface area (Å²) < 4.78 is 23.1. The Bertz CT molecular complexity index is 875. The van der Waals surface area contributed by atoms with E-state index in [1.54, 1.807) is 19.1 Å². The molecule has 0 saturated carbocycles. The quantitative estimate of drug-likeness (QED) is 0.873. The molecule has 1 N–H and O–H groups in total. The minimum absolute atomic E-state index is 0.206. The molecule has 0 fully saturated rings. The monoisotopic (exact) mass is 330 g/mol. The van der Waals surface area contributed by atoms with E-state index < -0.39 is 15.8 Å². The molecule has 2 aromatic rings. The van der Waals surface area contributed by atoms with Crippen LogP contribution in [-0.4, -0.2) is 25.7 Å².